The zero-order valence-corrected chi connectivity index (χ0v) is 15.3. The van der Waals surface area contributed by atoms with Crippen molar-refractivity contribution < 1.29 is 9.59 Å². The molecule has 0 bridgehead atoms. The molecule has 25 heavy (non-hydrogen) atoms. The van der Waals surface area contributed by atoms with Crippen LogP contribution in [-0.2, 0) is 24.3 Å². The average Bonchev–Trinajstić information content (AvgIpc) is 3.19. The van der Waals surface area contributed by atoms with E-state index >= 15 is 0 Å². The normalized spacial score (nSPS) is 18.0. The summed E-state index contributed by atoms with van der Waals surface area (Å²) in [5, 5.41) is 11.4. The molecule has 1 saturated heterocycles. The van der Waals surface area contributed by atoms with Gasteiger partial charge in [-0.05, 0) is 6.42 Å². The van der Waals surface area contributed by atoms with E-state index in [1.54, 1.807) is 46.9 Å². The highest BCUT2D eigenvalue weighted by molar-refractivity contribution is 6.04. The zero-order chi connectivity index (χ0) is 18.4. The summed E-state index contributed by atoms with van der Waals surface area (Å²) in [6.07, 6.45) is 5.72. The summed E-state index contributed by atoms with van der Waals surface area (Å²) in [6, 6.07) is -0.527. The number of carbonyl (C=O) groups excluding carboxylic acids is 2. The van der Waals surface area contributed by atoms with Crippen molar-refractivity contribution in [2.45, 2.75) is 38.6 Å². The molecule has 3 rings (SSSR count). The monoisotopic (exact) mass is 344 g/mol. The Balaban J connectivity index is 1.75. The van der Waals surface area contributed by atoms with Crippen LogP contribution in [0.25, 0.3) is 0 Å². The van der Waals surface area contributed by atoms with Crippen LogP contribution in [0, 0.1) is 0 Å². The lowest BCUT2D eigenvalue weighted by atomic mass is 9.89. The van der Waals surface area contributed by atoms with E-state index in [0.29, 0.717) is 18.5 Å². The number of carbonyl (C=O) groups is 2. The van der Waals surface area contributed by atoms with Crippen LogP contribution in [0.2, 0.25) is 0 Å². The number of amides is 2. The topological polar surface area (TPSA) is 85.0 Å². The molecular formula is C17H24N6O2. The number of aryl methyl sites for hydroxylation is 2. The quantitative estimate of drug-likeness (QED) is 0.900. The number of hydrogen-bond donors (Lipinski definition) is 1. The molecule has 8 nitrogen and oxygen atoms in total. The van der Waals surface area contributed by atoms with Crippen LogP contribution < -0.4 is 10.2 Å². The summed E-state index contributed by atoms with van der Waals surface area (Å²) < 4.78 is 3.29. The van der Waals surface area contributed by atoms with Crippen molar-refractivity contribution in [2.24, 2.45) is 14.1 Å². The van der Waals surface area contributed by atoms with Gasteiger partial charge in [-0.3, -0.25) is 19.0 Å². The van der Waals surface area contributed by atoms with Gasteiger partial charge in [0.05, 0.1) is 23.1 Å². The number of nitrogens with zero attached hydrogens (tertiary/aromatic N) is 5. The first-order valence-electron chi connectivity index (χ1n) is 8.32. The van der Waals surface area contributed by atoms with Gasteiger partial charge in [0.25, 0.3) is 5.91 Å². The van der Waals surface area contributed by atoms with Gasteiger partial charge in [0, 0.05) is 38.4 Å². The molecule has 1 aliphatic rings. The van der Waals surface area contributed by atoms with Gasteiger partial charge < -0.3 is 10.2 Å². The van der Waals surface area contributed by atoms with E-state index < -0.39 is 6.04 Å². The minimum Gasteiger partial charge on any atom is -0.340 e. The SMILES string of the molecule is Cn1cc(N2CC[C@@H](NC(=O)c3cn(C)nc3C(C)(C)C)C2=O)cn1. The van der Waals surface area contributed by atoms with Crippen molar-refractivity contribution in [1.29, 1.82) is 0 Å². The molecule has 1 atom stereocenters. The third kappa shape index (κ3) is 3.29. The lowest BCUT2D eigenvalue weighted by Gasteiger charge is -2.18. The minimum atomic E-state index is -0.527. The molecule has 1 aliphatic heterocycles. The first-order valence-corrected chi connectivity index (χ1v) is 8.32. The molecule has 2 aromatic heterocycles. The smallest absolute Gasteiger partial charge is 0.255 e. The van der Waals surface area contributed by atoms with E-state index in [0.717, 1.165) is 11.4 Å². The van der Waals surface area contributed by atoms with Crippen LogP contribution in [0.1, 0.15) is 43.2 Å². The molecule has 0 aliphatic carbocycles. The van der Waals surface area contributed by atoms with Crippen LogP contribution in [0.5, 0.6) is 0 Å². The molecule has 0 aromatic carbocycles. The number of rotatable bonds is 3. The Morgan fingerprint density at radius 1 is 1.24 bits per heavy atom. The molecule has 1 N–H and O–H groups in total. The van der Waals surface area contributed by atoms with Gasteiger partial charge >= 0.3 is 0 Å². The molecular weight excluding hydrogens is 320 g/mol. The van der Waals surface area contributed by atoms with E-state index in [-0.39, 0.29) is 17.2 Å². The van der Waals surface area contributed by atoms with Gasteiger partial charge in [-0.1, -0.05) is 20.8 Å². The summed E-state index contributed by atoms with van der Waals surface area (Å²) in [6.45, 7) is 6.60. The fourth-order valence-electron chi connectivity index (χ4n) is 3.06. The van der Waals surface area contributed by atoms with Crippen LogP contribution >= 0.6 is 0 Å². The van der Waals surface area contributed by atoms with E-state index in [2.05, 4.69) is 15.5 Å². The van der Waals surface area contributed by atoms with Crippen molar-refractivity contribution >= 4 is 17.5 Å². The second kappa shape index (κ2) is 6.02. The summed E-state index contributed by atoms with van der Waals surface area (Å²) in [5.74, 6) is -0.369. The Morgan fingerprint density at radius 2 is 1.96 bits per heavy atom. The van der Waals surface area contributed by atoms with Crippen LogP contribution in [-0.4, -0.2) is 44.0 Å². The van der Waals surface area contributed by atoms with Gasteiger partial charge in [-0.15, -0.1) is 0 Å². The maximum Gasteiger partial charge on any atom is 0.255 e. The van der Waals surface area contributed by atoms with Crippen LogP contribution in [0.4, 0.5) is 5.69 Å². The third-order valence-electron chi connectivity index (χ3n) is 4.30. The first-order chi connectivity index (χ1) is 11.7. The van der Waals surface area contributed by atoms with E-state index in [1.165, 1.54) is 0 Å². The van der Waals surface area contributed by atoms with E-state index in [9.17, 15) is 9.59 Å². The summed E-state index contributed by atoms with van der Waals surface area (Å²) >= 11 is 0. The predicted molar refractivity (Wildman–Crippen MR) is 93.3 cm³/mol. The third-order valence-corrected chi connectivity index (χ3v) is 4.30. The van der Waals surface area contributed by atoms with Gasteiger partial charge in [0.2, 0.25) is 5.91 Å². The Kier molecular flexibility index (Phi) is 4.14. The molecule has 3 heterocycles. The number of hydrogen-bond acceptors (Lipinski definition) is 4. The summed E-state index contributed by atoms with van der Waals surface area (Å²) in [7, 11) is 3.59. The highest BCUT2D eigenvalue weighted by Crippen LogP contribution is 2.25. The van der Waals surface area contributed by atoms with Crippen molar-refractivity contribution in [3.8, 4) is 0 Å². The molecule has 1 fully saturated rings. The molecule has 0 unspecified atom stereocenters. The Hall–Kier alpha value is -2.64. The second-order valence-corrected chi connectivity index (χ2v) is 7.49. The van der Waals surface area contributed by atoms with Crippen molar-refractivity contribution in [3.63, 3.8) is 0 Å². The molecule has 2 amide bonds. The Morgan fingerprint density at radius 3 is 2.56 bits per heavy atom. The van der Waals surface area contributed by atoms with Gasteiger partial charge in [0.1, 0.15) is 6.04 Å². The lowest BCUT2D eigenvalue weighted by Crippen LogP contribution is -2.42. The summed E-state index contributed by atoms with van der Waals surface area (Å²) in [4.78, 5) is 27.0. The van der Waals surface area contributed by atoms with Crippen molar-refractivity contribution in [3.05, 3.63) is 29.8 Å². The van der Waals surface area contributed by atoms with Crippen molar-refractivity contribution in [1.82, 2.24) is 24.9 Å². The fourth-order valence-corrected chi connectivity index (χ4v) is 3.06. The van der Waals surface area contributed by atoms with Gasteiger partial charge in [-0.2, -0.15) is 10.2 Å². The maximum absolute atomic E-state index is 12.7. The molecule has 8 heteroatoms. The number of nitrogens with one attached hydrogen (secondary N) is 1. The van der Waals surface area contributed by atoms with Crippen LogP contribution in [0.3, 0.4) is 0 Å². The molecule has 0 spiro atoms. The molecule has 0 saturated carbocycles. The summed E-state index contributed by atoms with van der Waals surface area (Å²) in [5.41, 5.74) is 1.74. The second-order valence-electron chi connectivity index (χ2n) is 7.49. The largest absolute Gasteiger partial charge is 0.340 e. The van der Waals surface area contributed by atoms with E-state index in [1.807, 2.05) is 20.8 Å². The fraction of sp³-hybridized carbons (Fsp3) is 0.529. The van der Waals surface area contributed by atoms with Crippen molar-refractivity contribution in [2.75, 3.05) is 11.4 Å². The standard InChI is InChI=1S/C17H24N6O2/c1-17(2,3)14-12(10-22(5)20-14)15(24)19-13-6-7-23(16(13)25)11-8-18-21(4)9-11/h8-10,13H,6-7H2,1-5H3,(H,19,24)/t13-/m1/s1. The highest BCUT2D eigenvalue weighted by Gasteiger charge is 2.35. The van der Waals surface area contributed by atoms with E-state index in [4.69, 9.17) is 0 Å². The molecule has 2 aromatic rings. The molecule has 134 valence electrons. The minimum absolute atomic E-state index is 0.109. The average molecular weight is 344 g/mol. The Bertz CT molecular complexity index is 813. The number of aromatic nitrogens is 4. The number of anilines is 1. The lowest BCUT2D eigenvalue weighted by molar-refractivity contribution is -0.118. The van der Waals surface area contributed by atoms with Crippen LogP contribution in [0.15, 0.2) is 18.6 Å². The molecule has 0 radical (unpaired) electrons. The highest BCUT2D eigenvalue weighted by atomic mass is 16.2. The predicted octanol–water partition coefficient (Wildman–Crippen LogP) is 0.986. The zero-order valence-electron chi connectivity index (χ0n) is 15.3. The van der Waals surface area contributed by atoms with Gasteiger partial charge in [-0.25, -0.2) is 0 Å². The van der Waals surface area contributed by atoms with Gasteiger partial charge in [0.15, 0.2) is 0 Å². The maximum atomic E-state index is 12.7. The Labute approximate surface area is 146 Å². The first kappa shape index (κ1) is 17.2.